The Hall–Kier alpha value is -3.56. The quantitative estimate of drug-likeness (QED) is 0.209. The molecular formula is C32H36ClN3O5S. The number of aryl methyl sites for hydroxylation is 2. The molecule has 42 heavy (non-hydrogen) atoms. The molecule has 1 atom stereocenters. The highest BCUT2D eigenvalue weighted by atomic mass is 35.5. The number of aromatic nitrogens is 2. The van der Waals surface area contributed by atoms with Crippen molar-refractivity contribution < 1.29 is 24.2 Å². The number of fused-ring (bicyclic) bond motifs is 1. The summed E-state index contributed by atoms with van der Waals surface area (Å²) < 4.78 is 12.8. The first-order chi connectivity index (χ1) is 20.2. The number of thiazole rings is 1. The monoisotopic (exact) mass is 609 g/mol. The van der Waals surface area contributed by atoms with Crippen molar-refractivity contribution in [1.82, 2.24) is 9.55 Å². The van der Waals surface area contributed by atoms with Crippen LogP contribution in [-0.2, 0) is 17.1 Å². The first kappa shape index (κ1) is 29.9. The van der Waals surface area contributed by atoms with E-state index in [9.17, 15) is 14.7 Å². The van der Waals surface area contributed by atoms with Crippen molar-refractivity contribution in [2.45, 2.75) is 71.1 Å². The fourth-order valence-electron chi connectivity index (χ4n) is 6.27. The van der Waals surface area contributed by atoms with E-state index in [2.05, 4.69) is 12.2 Å². The van der Waals surface area contributed by atoms with Gasteiger partial charge in [-0.2, -0.15) is 4.98 Å². The van der Waals surface area contributed by atoms with Crippen molar-refractivity contribution in [1.29, 1.82) is 0 Å². The van der Waals surface area contributed by atoms with E-state index in [1.807, 2.05) is 32.0 Å². The van der Waals surface area contributed by atoms with E-state index < -0.39 is 28.9 Å². The molecule has 0 bridgehead atoms. The smallest absolute Gasteiger partial charge is 0.347 e. The van der Waals surface area contributed by atoms with Crippen molar-refractivity contribution in [3.8, 4) is 22.8 Å². The number of benzene rings is 2. The fraction of sp³-hybridized carbons (Fsp3) is 0.406. The van der Waals surface area contributed by atoms with Gasteiger partial charge in [0.2, 0.25) is 0 Å². The minimum Gasteiger partial charge on any atom is -0.548 e. The molecule has 222 valence electrons. The molecule has 4 aromatic rings. The molecule has 10 heteroatoms. The number of hydrogen-bond acceptors (Lipinski definition) is 6. The lowest BCUT2D eigenvalue weighted by Gasteiger charge is -2.20. The lowest BCUT2D eigenvalue weighted by Crippen LogP contribution is -2.29. The number of hydrogen-bond donors (Lipinski definition) is 1. The van der Waals surface area contributed by atoms with Crippen LogP contribution in [0, 0.1) is 13.8 Å². The van der Waals surface area contributed by atoms with Gasteiger partial charge in [-0.25, -0.2) is 0 Å². The van der Waals surface area contributed by atoms with Crippen LogP contribution in [0.2, 0.25) is 5.02 Å². The molecule has 8 nitrogen and oxygen atoms in total. The number of anilines is 1. The molecule has 1 aliphatic rings. The number of methoxy groups -OCH3 is 2. The maximum Gasteiger partial charge on any atom is 0.347 e. The Morgan fingerprint density at radius 1 is 1.07 bits per heavy atom. The number of ether oxygens (including phenoxy) is 2. The minimum atomic E-state index is -1.26. The lowest BCUT2D eigenvalue weighted by atomic mass is 9.86. The van der Waals surface area contributed by atoms with Crippen LogP contribution in [0.4, 0.5) is 5.13 Å². The predicted octanol–water partition coefficient (Wildman–Crippen LogP) is 6.81. The number of carboxylic acids is 1. The Morgan fingerprint density at radius 3 is 2.43 bits per heavy atom. The number of rotatable bonds is 9. The number of halogens is 1. The molecule has 0 saturated heterocycles. The first-order valence-electron chi connectivity index (χ1n) is 14.2. The third-order valence-electron chi connectivity index (χ3n) is 8.01. The second kappa shape index (κ2) is 12.4. The maximum atomic E-state index is 13.9. The van der Waals surface area contributed by atoms with E-state index >= 15 is 0 Å². The molecular weight excluding hydrogens is 574 g/mol. The molecule has 5 rings (SSSR count). The number of nitrogens with zero attached hydrogens (tertiary/aromatic N) is 2. The zero-order chi connectivity index (χ0) is 30.1. The number of aliphatic carboxylic acids is 1. The SMILES string of the molecule is CC[s+]1c(NC(=O)c2cc3cc(C)cc(C)c3n2CC(=O)[O-])nc(-c2cc(OC)c(Cl)cc2OC)c1C1CCCCC1. The van der Waals surface area contributed by atoms with Crippen LogP contribution in [-0.4, -0.2) is 35.6 Å². The normalized spacial score (nSPS) is 14.3. The number of carbonyl (C=O) groups excluding carboxylic acids is 2. The zero-order valence-electron chi connectivity index (χ0n) is 24.6. The molecule has 1 unspecified atom stereocenters. The van der Waals surface area contributed by atoms with Gasteiger partial charge in [0.1, 0.15) is 28.6 Å². The Morgan fingerprint density at radius 2 is 1.79 bits per heavy atom. The van der Waals surface area contributed by atoms with Gasteiger partial charge in [-0.05, 0) is 57.4 Å². The van der Waals surface area contributed by atoms with Gasteiger partial charge in [0.15, 0.2) is 4.88 Å². The summed E-state index contributed by atoms with van der Waals surface area (Å²) in [6.07, 6.45) is 5.62. The highest BCUT2D eigenvalue weighted by Gasteiger charge is 2.37. The van der Waals surface area contributed by atoms with Gasteiger partial charge in [0.25, 0.3) is 5.91 Å². The largest absolute Gasteiger partial charge is 0.548 e. The summed E-state index contributed by atoms with van der Waals surface area (Å²) in [6.45, 7) is 5.57. The molecule has 1 amide bonds. The van der Waals surface area contributed by atoms with Crippen molar-refractivity contribution in [2.75, 3.05) is 19.5 Å². The summed E-state index contributed by atoms with van der Waals surface area (Å²) in [6, 6.07) is 9.27. The number of nitrogens with one attached hydrogen (secondary N) is 1. The predicted molar refractivity (Wildman–Crippen MR) is 166 cm³/mol. The molecule has 2 heterocycles. The van der Waals surface area contributed by atoms with E-state index in [1.54, 1.807) is 26.4 Å². The van der Waals surface area contributed by atoms with E-state index in [4.69, 9.17) is 26.1 Å². The molecule has 0 aliphatic heterocycles. The van der Waals surface area contributed by atoms with Crippen LogP contribution in [0.3, 0.4) is 0 Å². The Bertz CT molecular complexity index is 1670. The fourth-order valence-corrected chi connectivity index (χ4v) is 8.74. The summed E-state index contributed by atoms with van der Waals surface area (Å²) in [5, 5.41) is 16.7. The molecule has 2 aromatic carbocycles. The van der Waals surface area contributed by atoms with Crippen molar-refractivity contribution in [2.24, 2.45) is 0 Å². The van der Waals surface area contributed by atoms with Crippen LogP contribution in [0.25, 0.3) is 22.2 Å². The summed E-state index contributed by atoms with van der Waals surface area (Å²) in [5.41, 5.74) is 4.44. The van der Waals surface area contributed by atoms with Gasteiger partial charge in [-0.15, -0.1) is 0 Å². The Labute approximate surface area is 253 Å². The summed E-state index contributed by atoms with van der Waals surface area (Å²) in [5.74, 6) is 0.530. The van der Waals surface area contributed by atoms with E-state index in [0.717, 1.165) is 59.2 Å². The van der Waals surface area contributed by atoms with E-state index in [1.165, 1.54) is 15.9 Å². The van der Waals surface area contributed by atoms with Gasteiger partial charge in [0.05, 0.1) is 42.8 Å². The van der Waals surface area contributed by atoms with Crippen LogP contribution in [0.1, 0.15) is 71.4 Å². The average Bonchev–Trinajstić information content (AvgIpc) is 3.50. The highest BCUT2D eigenvalue weighted by molar-refractivity contribution is 7.34. The molecule has 0 spiro atoms. The zero-order valence-corrected chi connectivity index (χ0v) is 26.2. The summed E-state index contributed by atoms with van der Waals surface area (Å²) in [7, 11) is 2.70. The highest BCUT2D eigenvalue weighted by Crippen LogP contribution is 2.52. The third kappa shape index (κ3) is 5.60. The second-order valence-corrected chi connectivity index (χ2v) is 13.4. The van der Waals surface area contributed by atoms with Gasteiger partial charge >= 0.3 is 5.13 Å². The van der Waals surface area contributed by atoms with Crippen LogP contribution < -0.4 is 19.9 Å². The van der Waals surface area contributed by atoms with E-state index in [0.29, 0.717) is 33.1 Å². The first-order valence-corrected chi connectivity index (χ1v) is 16.0. The topological polar surface area (TPSA) is 106 Å². The van der Waals surface area contributed by atoms with Crippen LogP contribution in [0.5, 0.6) is 11.5 Å². The van der Waals surface area contributed by atoms with Gasteiger partial charge in [0, 0.05) is 27.8 Å². The summed E-state index contributed by atoms with van der Waals surface area (Å²) in [4.78, 5) is 32.0. The molecule has 1 aliphatic carbocycles. The third-order valence-corrected chi connectivity index (χ3v) is 10.6. The Balaban J connectivity index is 1.66. The van der Waals surface area contributed by atoms with Gasteiger partial charge in [-0.1, -0.05) is 42.5 Å². The summed E-state index contributed by atoms with van der Waals surface area (Å²) >= 11 is 6.44. The van der Waals surface area contributed by atoms with Crippen LogP contribution in [0.15, 0.2) is 30.3 Å². The Kier molecular flexibility index (Phi) is 8.80. The number of amides is 1. The molecule has 0 radical (unpaired) electrons. The van der Waals surface area contributed by atoms with Crippen LogP contribution >= 0.6 is 22.1 Å². The average molecular weight is 610 g/mol. The maximum absolute atomic E-state index is 13.9. The van der Waals surface area contributed by atoms with Crippen molar-refractivity contribution in [3.63, 3.8) is 0 Å². The standard InChI is InChI=1S/C32H36ClN3O5S/c1-6-42-30(20-10-8-7-9-11-20)28(22-15-26(41-5)23(33)16-25(22)40-4)34-32(42)35-31(39)24-14-21-13-18(2)12-19(3)29(21)36(24)17-27(37)38/h12-16,20H,6-11,17H2,1-5H3,(H-,34,35,37,38,39). The molecule has 1 fully saturated rings. The second-order valence-electron chi connectivity index (χ2n) is 10.8. The molecule has 1 saturated carbocycles. The van der Waals surface area contributed by atoms with Crippen molar-refractivity contribution >= 4 is 50.0 Å². The van der Waals surface area contributed by atoms with Crippen molar-refractivity contribution in [3.05, 3.63) is 57.1 Å². The van der Waals surface area contributed by atoms with Gasteiger partial charge < -0.3 is 23.9 Å². The minimum absolute atomic E-state index is 0.253. The van der Waals surface area contributed by atoms with E-state index in [-0.39, 0.29) is 5.69 Å². The van der Waals surface area contributed by atoms with Gasteiger partial charge in [-0.3, -0.25) is 10.1 Å². The number of carbonyl (C=O) groups is 2. The molecule has 1 N–H and O–H groups in total. The number of carboxylic acid groups (broad SMARTS) is 1. The lowest BCUT2D eigenvalue weighted by molar-refractivity contribution is -0.306. The molecule has 2 aromatic heterocycles.